The van der Waals surface area contributed by atoms with Gasteiger partial charge in [-0.2, -0.15) is 0 Å². The summed E-state index contributed by atoms with van der Waals surface area (Å²) >= 11 is 5.87. The first kappa shape index (κ1) is 15.5. The van der Waals surface area contributed by atoms with Crippen LogP contribution >= 0.6 is 11.6 Å². The van der Waals surface area contributed by atoms with Crippen LogP contribution in [0.2, 0.25) is 5.02 Å². The molecule has 1 N–H and O–H groups in total. The molecule has 0 fully saturated rings. The zero-order chi connectivity index (χ0) is 17.7. The normalized spacial score (nSPS) is 13.9. The van der Waals surface area contributed by atoms with Crippen molar-refractivity contribution in [3.63, 3.8) is 0 Å². The molecule has 0 aliphatic carbocycles. The van der Waals surface area contributed by atoms with Gasteiger partial charge >= 0.3 is 0 Å². The highest BCUT2D eigenvalue weighted by atomic mass is 35.5. The molecule has 1 aliphatic heterocycles. The Balaban J connectivity index is 1.66. The predicted octanol–water partition coefficient (Wildman–Crippen LogP) is 4.05. The standard InChI is InChI=1S/C18H13ClFN5O/c19-12-5-10(1-2-13(12)20)23-18-11-6-16-15(7-14(11)21-9-22-18)24-17-8-26-4-3-25(16)17/h1-2,5-7,9H,3-4,8H2,(H,21,22,23). The van der Waals surface area contributed by atoms with Gasteiger partial charge in [-0.3, -0.25) is 0 Å². The number of anilines is 2. The molecule has 0 amide bonds. The summed E-state index contributed by atoms with van der Waals surface area (Å²) in [5.74, 6) is 1.08. The van der Waals surface area contributed by atoms with E-state index in [0.717, 1.165) is 34.3 Å². The van der Waals surface area contributed by atoms with Crippen molar-refractivity contribution < 1.29 is 9.13 Å². The van der Waals surface area contributed by atoms with Gasteiger partial charge in [0.05, 0.1) is 28.2 Å². The molecule has 4 aromatic rings. The highest BCUT2D eigenvalue weighted by Crippen LogP contribution is 2.30. The minimum absolute atomic E-state index is 0.0561. The van der Waals surface area contributed by atoms with Crippen LogP contribution in [-0.4, -0.2) is 26.1 Å². The average molecular weight is 370 g/mol. The molecule has 5 rings (SSSR count). The summed E-state index contributed by atoms with van der Waals surface area (Å²) in [7, 11) is 0. The van der Waals surface area contributed by atoms with Crippen molar-refractivity contribution in [3.8, 4) is 0 Å². The van der Waals surface area contributed by atoms with E-state index in [4.69, 9.17) is 16.3 Å². The zero-order valence-corrected chi connectivity index (χ0v) is 14.3. The molecule has 2 aromatic carbocycles. The Morgan fingerprint density at radius 1 is 1.15 bits per heavy atom. The van der Waals surface area contributed by atoms with Gasteiger partial charge in [-0.15, -0.1) is 0 Å². The Labute approximate surface area is 152 Å². The van der Waals surface area contributed by atoms with E-state index in [9.17, 15) is 4.39 Å². The summed E-state index contributed by atoms with van der Waals surface area (Å²) < 4.78 is 21.0. The molecule has 0 saturated carbocycles. The van der Waals surface area contributed by atoms with Crippen molar-refractivity contribution in [2.45, 2.75) is 13.2 Å². The van der Waals surface area contributed by atoms with Gasteiger partial charge in [0.15, 0.2) is 0 Å². The number of imidazole rings is 1. The molecule has 1 aliphatic rings. The van der Waals surface area contributed by atoms with Crippen LogP contribution < -0.4 is 5.32 Å². The fourth-order valence-electron chi connectivity index (χ4n) is 3.21. The number of halogens is 2. The van der Waals surface area contributed by atoms with Crippen molar-refractivity contribution in [1.29, 1.82) is 0 Å². The maximum Gasteiger partial charge on any atom is 0.141 e. The van der Waals surface area contributed by atoms with Crippen LogP contribution in [0.1, 0.15) is 5.82 Å². The summed E-state index contributed by atoms with van der Waals surface area (Å²) in [4.78, 5) is 13.3. The minimum atomic E-state index is -0.459. The lowest BCUT2D eigenvalue weighted by Crippen LogP contribution is -2.16. The highest BCUT2D eigenvalue weighted by Gasteiger charge is 2.17. The third-order valence-electron chi connectivity index (χ3n) is 4.46. The van der Waals surface area contributed by atoms with E-state index >= 15 is 0 Å². The predicted molar refractivity (Wildman–Crippen MR) is 97.2 cm³/mol. The number of benzene rings is 2. The first-order valence-corrected chi connectivity index (χ1v) is 8.50. The SMILES string of the molecule is Fc1ccc(Nc2ncnc3cc4nc5n(c4cc23)CCOC5)cc1Cl. The van der Waals surface area contributed by atoms with Crippen LogP contribution in [0.3, 0.4) is 0 Å². The summed E-state index contributed by atoms with van der Waals surface area (Å²) in [6.07, 6.45) is 1.49. The monoisotopic (exact) mass is 369 g/mol. The Bertz CT molecular complexity index is 1160. The van der Waals surface area contributed by atoms with Crippen LogP contribution in [0, 0.1) is 5.82 Å². The van der Waals surface area contributed by atoms with Gasteiger partial charge in [0.1, 0.15) is 30.4 Å². The second-order valence-electron chi connectivity index (χ2n) is 6.07. The molecule has 3 heterocycles. The number of nitrogens with one attached hydrogen (secondary N) is 1. The van der Waals surface area contributed by atoms with Crippen molar-refractivity contribution in [2.24, 2.45) is 0 Å². The fraction of sp³-hybridized carbons (Fsp3) is 0.167. The maximum atomic E-state index is 13.4. The van der Waals surface area contributed by atoms with Crippen molar-refractivity contribution in [3.05, 3.63) is 53.3 Å². The van der Waals surface area contributed by atoms with Crippen molar-refractivity contribution in [1.82, 2.24) is 19.5 Å². The molecule has 0 unspecified atom stereocenters. The molecule has 2 aromatic heterocycles. The van der Waals surface area contributed by atoms with Crippen LogP contribution in [0.15, 0.2) is 36.7 Å². The second-order valence-corrected chi connectivity index (χ2v) is 6.47. The molecule has 0 spiro atoms. The number of nitrogens with zero attached hydrogens (tertiary/aromatic N) is 4. The summed E-state index contributed by atoms with van der Waals surface area (Å²) in [5, 5.41) is 4.11. The smallest absolute Gasteiger partial charge is 0.141 e. The largest absolute Gasteiger partial charge is 0.372 e. The van der Waals surface area contributed by atoms with Gasteiger partial charge in [-0.05, 0) is 30.3 Å². The molecular formula is C18H13ClFN5O. The Hall–Kier alpha value is -2.77. The molecule has 6 nitrogen and oxygen atoms in total. The third kappa shape index (κ3) is 2.48. The van der Waals surface area contributed by atoms with Crippen molar-refractivity contribution in [2.75, 3.05) is 11.9 Å². The lowest BCUT2D eigenvalue weighted by molar-refractivity contribution is 0.0830. The van der Waals surface area contributed by atoms with Crippen LogP contribution in [0.5, 0.6) is 0 Å². The van der Waals surface area contributed by atoms with Crippen LogP contribution in [0.25, 0.3) is 21.9 Å². The molecule has 8 heteroatoms. The molecule has 0 bridgehead atoms. The lowest BCUT2D eigenvalue weighted by Gasteiger charge is -2.15. The molecule has 0 radical (unpaired) electrons. The van der Waals surface area contributed by atoms with E-state index < -0.39 is 5.82 Å². The summed E-state index contributed by atoms with van der Waals surface area (Å²) in [6.45, 7) is 1.94. The highest BCUT2D eigenvalue weighted by molar-refractivity contribution is 6.31. The summed E-state index contributed by atoms with van der Waals surface area (Å²) in [5.41, 5.74) is 3.33. The zero-order valence-electron chi connectivity index (χ0n) is 13.5. The number of rotatable bonds is 2. The minimum Gasteiger partial charge on any atom is -0.372 e. The van der Waals surface area contributed by atoms with E-state index in [1.54, 1.807) is 6.07 Å². The van der Waals surface area contributed by atoms with Gasteiger partial charge in [-0.25, -0.2) is 19.3 Å². The second kappa shape index (κ2) is 5.89. The van der Waals surface area contributed by atoms with E-state index in [2.05, 4.69) is 24.8 Å². The number of ether oxygens (including phenoxy) is 1. The van der Waals surface area contributed by atoms with E-state index in [-0.39, 0.29) is 5.02 Å². The number of hydrogen-bond donors (Lipinski definition) is 1. The molecule has 130 valence electrons. The van der Waals surface area contributed by atoms with E-state index in [1.807, 2.05) is 12.1 Å². The first-order chi connectivity index (χ1) is 12.7. The van der Waals surface area contributed by atoms with Gasteiger partial charge < -0.3 is 14.6 Å². The fourth-order valence-corrected chi connectivity index (χ4v) is 3.39. The third-order valence-corrected chi connectivity index (χ3v) is 4.75. The van der Waals surface area contributed by atoms with Crippen LogP contribution in [0.4, 0.5) is 15.9 Å². The van der Waals surface area contributed by atoms with Gasteiger partial charge in [0.2, 0.25) is 0 Å². The summed E-state index contributed by atoms with van der Waals surface area (Å²) in [6, 6.07) is 8.44. The van der Waals surface area contributed by atoms with Gasteiger partial charge in [0, 0.05) is 17.6 Å². The van der Waals surface area contributed by atoms with Gasteiger partial charge in [0.25, 0.3) is 0 Å². The molecular weight excluding hydrogens is 357 g/mol. The average Bonchev–Trinajstić information content (AvgIpc) is 3.01. The van der Waals surface area contributed by atoms with Gasteiger partial charge in [-0.1, -0.05) is 11.6 Å². The first-order valence-electron chi connectivity index (χ1n) is 8.13. The van der Waals surface area contributed by atoms with Crippen molar-refractivity contribution >= 4 is 45.0 Å². The Morgan fingerprint density at radius 2 is 2.08 bits per heavy atom. The maximum absolute atomic E-state index is 13.4. The Kier molecular flexibility index (Phi) is 3.51. The molecule has 0 saturated heterocycles. The van der Waals surface area contributed by atoms with Crippen LogP contribution in [-0.2, 0) is 17.9 Å². The quantitative estimate of drug-likeness (QED) is 0.577. The molecule has 0 atom stereocenters. The molecule has 26 heavy (non-hydrogen) atoms. The number of aromatic nitrogens is 4. The Morgan fingerprint density at radius 3 is 2.96 bits per heavy atom. The number of hydrogen-bond acceptors (Lipinski definition) is 5. The number of fused-ring (bicyclic) bond motifs is 4. The van der Waals surface area contributed by atoms with E-state index in [0.29, 0.717) is 24.7 Å². The topological polar surface area (TPSA) is 64.9 Å². The van der Waals surface area contributed by atoms with E-state index in [1.165, 1.54) is 18.5 Å². The lowest BCUT2D eigenvalue weighted by atomic mass is 10.2.